The van der Waals surface area contributed by atoms with E-state index < -0.39 is 16.0 Å². The van der Waals surface area contributed by atoms with Crippen molar-refractivity contribution in [2.45, 2.75) is 11.3 Å². The molecule has 1 aliphatic rings. The Balaban J connectivity index is 0.00000200. The lowest BCUT2D eigenvalue weighted by Gasteiger charge is -2.18. The maximum atomic E-state index is 12.4. The number of esters is 1. The number of nitrogens with one attached hydrogen (secondary N) is 1. The average molecular weight is 341 g/mol. The Kier molecular flexibility index (Phi) is 6.41. The summed E-state index contributed by atoms with van der Waals surface area (Å²) in [5, 5.41) is 4.64. The van der Waals surface area contributed by atoms with Gasteiger partial charge in [0.25, 0.3) is 0 Å². The van der Waals surface area contributed by atoms with E-state index in [-0.39, 0.29) is 17.3 Å². The third-order valence-electron chi connectivity index (χ3n) is 2.90. The van der Waals surface area contributed by atoms with Crippen LogP contribution in [0.3, 0.4) is 0 Å². The largest absolute Gasteiger partial charge is 0.465 e. The predicted molar refractivity (Wildman–Crippen MR) is 79.2 cm³/mol. The first-order chi connectivity index (χ1) is 9.05. The van der Waals surface area contributed by atoms with E-state index in [0.717, 1.165) is 24.3 Å². The van der Waals surface area contributed by atoms with E-state index in [0.29, 0.717) is 24.5 Å². The van der Waals surface area contributed by atoms with Crippen LogP contribution in [0.25, 0.3) is 0 Å². The first kappa shape index (κ1) is 17.4. The fourth-order valence-corrected chi connectivity index (χ4v) is 4.53. The number of hydrogen-bond acceptors (Lipinski definition) is 6. The Morgan fingerprint density at radius 1 is 1.40 bits per heavy atom. The van der Waals surface area contributed by atoms with E-state index in [9.17, 15) is 13.2 Å². The van der Waals surface area contributed by atoms with Gasteiger partial charge < -0.3 is 10.1 Å². The number of hydrogen-bond donors (Lipinski definition) is 1. The molecule has 114 valence electrons. The highest BCUT2D eigenvalue weighted by molar-refractivity contribution is 7.89. The van der Waals surface area contributed by atoms with Crippen LogP contribution in [0, 0.1) is 0 Å². The summed E-state index contributed by atoms with van der Waals surface area (Å²) in [4.78, 5) is 11.8. The number of ether oxygens (including phenoxy) is 1. The molecule has 0 atom stereocenters. The van der Waals surface area contributed by atoms with Crippen molar-refractivity contribution in [2.24, 2.45) is 0 Å². The quantitative estimate of drug-likeness (QED) is 0.829. The maximum absolute atomic E-state index is 12.4. The Labute approximate surface area is 128 Å². The van der Waals surface area contributed by atoms with Crippen LogP contribution in [-0.2, 0) is 14.8 Å². The molecule has 1 aromatic heterocycles. The van der Waals surface area contributed by atoms with Crippen LogP contribution in [0.5, 0.6) is 0 Å². The molecule has 1 saturated heterocycles. The lowest BCUT2D eigenvalue weighted by atomic mass is 10.4. The van der Waals surface area contributed by atoms with E-state index in [1.807, 2.05) is 0 Å². The van der Waals surface area contributed by atoms with Crippen molar-refractivity contribution in [2.75, 3.05) is 33.3 Å². The second-order valence-electron chi connectivity index (χ2n) is 4.15. The van der Waals surface area contributed by atoms with Gasteiger partial charge in [-0.2, -0.15) is 4.31 Å². The lowest BCUT2D eigenvalue weighted by Crippen LogP contribution is -2.34. The van der Waals surface area contributed by atoms with E-state index in [1.54, 1.807) is 0 Å². The summed E-state index contributed by atoms with van der Waals surface area (Å²) >= 11 is 1.08. The topological polar surface area (TPSA) is 75.7 Å². The zero-order chi connectivity index (χ0) is 13.9. The summed E-state index contributed by atoms with van der Waals surface area (Å²) in [6, 6.07) is 1.38. The van der Waals surface area contributed by atoms with Crippen LogP contribution in [-0.4, -0.2) is 52.0 Å². The van der Waals surface area contributed by atoms with Crippen LogP contribution in [0.4, 0.5) is 0 Å². The molecule has 0 saturated carbocycles. The molecule has 1 aliphatic heterocycles. The smallest absolute Gasteiger partial charge is 0.348 e. The summed E-state index contributed by atoms with van der Waals surface area (Å²) in [6.07, 6.45) is 0.785. The van der Waals surface area contributed by atoms with E-state index in [1.165, 1.54) is 22.9 Å². The van der Waals surface area contributed by atoms with Crippen LogP contribution < -0.4 is 5.32 Å². The monoisotopic (exact) mass is 340 g/mol. The first-order valence-electron chi connectivity index (χ1n) is 5.93. The zero-order valence-electron chi connectivity index (χ0n) is 11.0. The van der Waals surface area contributed by atoms with Gasteiger partial charge in [0.15, 0.2) is 0 Å². The normalized spacial score (nSPS) is 17.1. The number of nitrogens with zero attached hydrogens (tertiary/aromatic N) is 1. The molecule has 0 radical (unpaired) electrons. The van der Waals surface area contributed by atoms with Gasteiger partial charge in [-0.15, -0.1) is 23.7 Å². The van der Waals surface area contributed by atoms with Gasteiger partial charge in [-0.25, -0.2) is 13.2 Å². The van der Waals surface area contributed by atoms with Gasteiger partial charge in [0.05, 0.1) is 12.0 Å². The molecule has 0 aliphatic carbocycles. The molecule has 9 heteroatoms. The van der Waals surface area contributed by atoms with Gasteiger partial charge in [-0.3, -0.25) is 0 Å². The molecule has 2 rings (SSSR count). The van der Waals surface area contributed by atoms with E-state index >= 15 is 0 Å². The van der Waals surface area contributed by atoms with Crippen molar-refractivity contribution < 1.29 is 17.9 Å². The fourth-order valence-electron chi connectivity index (χ4n) is 1.87. The molecule has 1 aromatic rings. The molecule has 6 nitrogen and oxygen atoms in total. The van der Waals surface area contributed by atoms with Crippen molar-refractivity contribution in [1.29, 1.82) is 0 Å². The van der Waals surface area contributed by atoms with Crippen molar-refractivity contribution >= 4 is 39.7 Å². The summed E-state index contributed by atoms with van der Waals surface area (Å²) < 4.78 is 30.9. The first-order valence-corrected chi connectivity index (χ1v) is 8.25. The van der Waals surface area contributed by atoms with Crippen molar-refractivity contribution in [3.63, 3.8) is 0 Å². The van der Waals surface area contributed by atoms with Gasteiger partial charge >= 0.3 is 5.97 Å². The minimum Gasteiger partial charge on any atom is -0.465 e. The third kappa shape index (κ3) is 3.70. The molecular weight excluding hydrogens is 324 g/mol. The van der Waals surface area contributed by atoms with Crippen LogP contribution in [0.15, 0.2) is 16.3 Å². The van der Waals surface area contributed by atoms with Crippen molar-refractivity contribution in [3.8, 4) is 0 Å². The Hall–Kier alpha value is -0.670. The van der Waals surface area contributed by atoms with Gasteiger partial charge in [0, 0.05) is 25.0 Å². The molecule has 0 amide bonds. The van der Waals surface area contributed by atoms with Gasteiger partial charge in [-0.05, 0) is 19.0 Å². The molecule has 1 fully saturated rings. The van der Waals surface area contributed by atoms with E-state index in [2.05, 4.69) is 10.1 Å². The Morgan fingerprint density at radius 2 is 2.15 bits per heavy atom. The second kappa shape index (κ2) is 7.37. The van der Waals surface area contributed by atoms with Gasteiger partial charge in [0.2, 0.25) is 10.0 Å². The highest BCUT2D eigenvalue weighted by Gasteiger charge is 2.27. The van der Waals surface area contributed by atoms with Crippen LogP contribution >= 0.6 is 23.7 Å². The third-order valence-corrected chi connectivity index (χ3v) is 5.83. The number of sulfonamides is 1. The summed E-state index contributed by atoms with van der Waals surface area (Å²) in [6.45, 7) is 2.42. The van der Waals surface area contributed by atoms with Gasteiger partial charge in [-0.1, -0.05) is 0 Å². The maximum Gasteiger partial charge on any atom is 0.348 e. The second-order valence-corrected chi connectivity index (χ2v) is 7.00. The van der Waals surface area contributed by atoms with Crippen LogP contribution in [0.1, 0.15) is 16.1 Å². The summed E-state index contributed by atoms with van der Waals surface area (Å²) in [5.41, 5.74) is 0. The minimum atomic E-state index is -3.51. The molecule has 0 bridgehead atoms. The number of carbonyl (C=O) groups excluding carboxylic acids is 1. The van der Waals surface area contributed by atoms with E-state index in [4.69, 9.17) is 0 Å². The fraction of sp³-hybridized carbons (Fsp3) is 0.545. The standard InChI is InChI=1S/C11H16N2O4S2.ClH/c1-17-11(14)10-7-9(8-18-10)19(15,16)13-5-2-3-12-4-6-13;/h7-8,12H,2-6H2,1H3;1H. The SMILES string of the molecule is COC(=O)c1cc(S(=O)(=O)N2CCCNCC2)cs1.Cl. The molecule has 2 heterocycles. The predicted octanol–water partition coefficient (Wildman–Crippen LogP) is 0.941. The summed E-state index contributed by atoms with van der Waals surface area (Å²) in [5.74, 6) is -0.510. The molecule has 0 aromatic carbocycles. The molecule has 1 N–H and O–H groups in total. The van der Waals surface area contributed by atoms with Crippen molar-refractivity contribution in [1.82, 2.24) is 9.62 Å². The zero-order valence-corrected chi connectivity index (χ0v) is 13.4. The molecule has 20 heavy (non-hydrogen) atoms. The molecule has 0 spiro atoms. The van der Waals surface area contributed by atoms with Crippen molar-refractivity contribution in [3.05, 3.63) is 16.3 Å². The Bertz CT molecular complexity index is 551. The summed E-state index contributed by atoms with van der Waals surface area (Å²) in [7, 11) is -2.24. The highest BCUT2D eigenvalue weighted by Crippen LogP contribution is 2.23. The molecule has 0 unspecified atom stereocenters. The number of rotatable bonds is 3. The lowest BCUT2D eigenvalue weighted by molar-refractivity contribution is 0.0606. The van der Waals surface area contributed by atoms with Gasteiger partial charge in [0.1, 0.15) is 4.88 Å². The van der Waals surface area contributed by atoms with Crippen LogP contribution in [0.2, 0.25) is 0 Å². The highest BCUT2D eigenvalue weighted by atomic mass is 35.5. The number of carbonyl (C=O) groups is 1. The Morgan fingerprint density at radius 3 is 2.85 bits per heavy atom. The molecular formula is C11H17ClN2O4S2. The average Bonchev–Trinajstić information content (AvgIpc) is 2.74. The minimum absolute atomic E-state index is 0. The number of thiophene rings is 1. The number of halogens is 1. The number of methoxy groups -OCH3 is 1.